The number of aromatic nitrogens is 2. The van der Waals surface area contributed by atoms with Crippen LogP contribution in [0.25, 0.3) is 0 Å². The number of unbranched alkanes of at least 4 members (excludes halogenated alkanes) is 2. The summed E-state index contributed by atoms with van der Waals surface area (Å²) in [6, 6.07) is 7.02. The van der Waals surface area contributed by atoms with E-state index in [0.717, 1.165) is 32.1 Å². The minimum absolute atomic E-state index is 0.00626. The molecule has 0 bridgehead atoms. The predicted octanol–water partition coefficient (Wildman–Crippen LogP) is 5.61. The molecule has 0 saturated heterocycles. The molecule has 1 aromatic heterocycles. The van der Waals surface area contributed by atoms with Crippen LogP contribution >= 0.6 is 11.8 Å². The van der Waals surface area contributed by atoms with Crippen LogP contribution in [0.2, 0.25) is 0 Å². The Morgan fingerprint density at radius 2 is 1.86 bits per heavy atom. The van der Waals surface area contributed by atoms with Crippen LogP contribution in [0.3, 0.4) is 0 Å². The predicted molar refractivity (Wildman–Crippen MR) is 114 cm³/mol. The average Bonchev–Trinajstić information content (AvgIpc) is 3.22. The van der Waals surface area contributed by atoms with Crippen molar-refractivity contribution in [3.8, 4) is 0 Å². The fourth-order valence-electron chi connectivity index (χ4n) is 3.50. The number of hydrogen-bond acceptors (Lipinski definition) is 6. The van der Waals surface area contributed by atoms with Gasteiger partial charge in [-0.25, -0.2) is 0 Å². The number of amides is 1. The molecular weight excluding hydrogens is 386 g/mol. The summed E-state index contributed by atoms with van der Waals surface area (Å²) < 4.78 is 5.75. The molecule has 1 fully saturated rings. The molecule has 1 N–H and O–H groups in total. The van der Waals surface area contributed by atoms with Gasteiger partial charge in [-0.1, -0.05) is 50.8 Å². The summed E-state index contributed by atoms with van der Waals surface area (Å²) in [5, 5.41) is 11.6. The summed E-state index contributed by atoms with van der Waals surface area (Å²) in [5.41, 5.74) is 1.32. The van der Waals surface area contributed by atoms with Crippen molar-refractivity contribution in [1.29, 1.82) is 0 Å². The van der Waals surface area contributed by atoms with Gasteiger partial charge in [-0.3, -0.25) is 9.59 Å². The first-order valence-electron chi connectivity index (χ1n) is 10.5. The average molecular weight is 416 g/mol. The van der Waals surface area contributed by atoms with E-state index in [0.29, 0.717) is 34.7 Å². The molecule has 7 heteroatoms. The number of thioether (sulfide) groups is 1. The molecule has 1 aliphatic carbocycles. The molecule has 0 unspecified atom stereocenters. The Kier molecular flexibility index (Phi) is 8.28. The Hall–Kier alpha value is -2.15. The zero-order valence-electron chi connectivity index (χ0n) is 17.0. The number of carbonyl (C=O) groups is 2. The number of anilines is 1. The number of nitrogens with zero attached hydrogens (tertiary/aromatic N) is 2. The van der Waals surface area contributed by atoms with Crippen LogP contribution in [0.15, 0.2) is 33.9 Å². The molecule has 0 aliphatic heterocycles. The van der Waals surface area contributed by atoms with Crippen molar-refractivity contribution in [1.82, 2.24) is 10.2 Å². The largest absolute Gasteiger partial charge is 0.416 e. The van der Waals surface area contributed by atoms with Gasteiger partial charge in [0.1, 0.15) is 0 Å². The highest BCUT2D eigenvalue weighted by molar-refractivity contribution is 7.99. The minimum atomic E-state index is -0.00626. The van der Waals surface area contributed by atoms with Gasteiger partial charge >= 0.3 is 0 Å². The zero-order valence-corrected chi connectivity index (χ0v) is 17.8. The molecule has 1 saturated carbocycles. The van der Waals surface area contributed by atoms with Crippen molar-refractivity contribution < 1.29 is 14.0 Å². The van der Waals surface area contributed by atoms with Crippen molar-refractivity contribution >= 4 is 29.1 Å². The monoisotopic (exact) mass is 415 g/mol. The van der Waals surface area contributed by atoms with Gasteiger partial charge in [-0.15, -0.1) is 10.2 Å². The molecule has 2 aromatic rings. The van der Waals surface area contributed by atoms with Crippen LogP contribution in [-0.2, 0) is 4.79 Å². The van der Waals surface area contributed by atoms with Crippen molar-refractivity contribution in [2.24, 2.45) is 0 Å². The van der Waals surface area contributed by atoms with Crippen LogP contribution in [0.5, 0.6) is 0 Å². The van der Waals surface area contributed by atoms with Gasteiger partial charge < -0.3 is 9.73 Å². The summed E-state index contributed by atoms with van der Waals surface area (Å²) in [6.07, 6.45) is 9.48. The molecule has 0 radical (unpaired) electrons. The lowest BCUT2D eigenvalue weighted by molar-refractivity contribution is -0.116. The molecule has 29 heavy (non-hydrogen) atoms. The Bertz CT molecular complexity index is 798. The number of ketones is 1. The first kappa shape index (κ1) is 21.6. The lowest BCUT2D eigenvalue weighted by Gasteiger charge is -2.17. The van der Waals surface area contributed by atoms with E-state index in [9.17, 15) is 9.59 Å². The Morgan fingerprint density at radius 3 is 2.59 bits per heavy atom. The highest BCUT2D eigenvalue weighted by Crippen LogP contribution is 2.33. The molecule has 0 spiro atoms. The van der Waals surface area contributed by atoms with Crippen LogP contribution in [-0.4, -0.2) is 27.6 Å². The Balaban J connectivity index is 1.46. The molecule has 1 amide bonds. The van der Waals surface area contributed by atoms with Gasteiger partial charge in [0, 0.05) is 23.6 Å². The third-order valence-electron chi connectivity index (χ3n) is 5.20. The highest BCUT2D eigenvalue weighted by atomic mass is 32.2. The van der Waals surface area contributed by atoms with Gasteiger partial charge in [0.2, 0.25) is 11.8 Å². The van der Waals surface area contributed by atoms with E-state index in [1.54, 1.807) is 24.3 Å². The van der Waals surface area contributed by atoms with E-state index in [-0.39, 0.29) is 17.4 Å². The summed E-state index contributed by atoms with van der Waals surface area (Å²) >= 11 is 1.27. The fraction of sp³-hybridized carbons (Fsp3) is 0.545. The van der Waals surface area contributed by atoms with E-state index in [1.807, 2.05) is 0 Å². The van der Waals surface area contributed by atoms with E-state index in [1.165, 1.54) is 31.0 Å². The van der Waals surface area contributed by atoms with Gasteiger partial charge in [0.05, 0.1) is 5.75 Å². The molecule has 1 aromatic carbocycles. The van der Waals surface area contributed by atoms with Crippen LogP contribution in [0.4, 0.5) is 5.69 Å². The second-order valence-electron chi connectivity index (χ2n) is 7.54. The van der Waals surface area contributed by atoms with E-state index >= 15 is 0 Å². The first-order chi connectivity index (χ1) is 14.2. The molecule has 6 nitrogen and oxygen atoms in total. The molecule has 0 atom stereocenters. The van der Waals surface area contributed by atoms with Gasteiger partial charge in [0.25, 0.3) is 5.22 Å². The standard InChI is InChI=1S/C22H29N3O3S/c1-2-3-5-10-20(27)23-18-13-11-16(12-14-18)19(26)15-29-22-25-24-21(28-22)17-8-6-4-7-9-17/h11-14,17H,2-10,15H2,1H3,(H,23,27). The number of carbonyl (C=O) groups excluding carboxylic acids is 2. The Labute approximate surface area is 176 Å². The fourth-order valence-corrected chi connectivity index (χ4v) is 4.17. The van der Waals surface area contributed by atoms with E-state index in [4.69, 9.17) is 4.42 Å². The number of benzene rings is 1. The third-order valence-corrected chi connectivity index (χ3v) is 6.02. The van der Waals surface area contributed by atoms with Crippen molar-refractivity contribution in [2.75, 3.05) is 11.1 Å². The number of nitrogens with one attached hydrogen (secondary N) is 1. The normalized spacial score (nSPS) is 14.7. The molecule has 3 rings (SSSR count). The van der Waals surface area contributed by atoms with Crippen LogP contribution in [0, 0.1) is 0 Å². The van der Waals surface area contributed by atoms with Crippen molar-refractivity contribution in [3.63, 3.8) is 0 Å². The molecule has 1 heterocycles. The smallest absolute Gasteiger partial charge is 0.277 e. The highest BCUT2D eigenvalue weighted by Gasteiger charge is 2.21. The van der Waals surface area contributed by atoms with E-state index < -0.39 is 0 Å². The zero-order chi connectivity index (χ0) is 20.5. The van der Waals surface area contributed by atoms with Crippen molar-refractivity contribution in [2.45, 2.75) is 75.9 Å². The summed E-state index contributed by atoms with van der Waals surface area (Å²) in [6.45, 7) is 2.11. The second kappa shape index (κ2) is 11.1. The first-order valence-corrected chi connectivity index (χ1v) is 11.5. The van der Waals surface area contributed by atoms with Crippen molar-refractivity contribution in [3.05, 3.63) is 35.7 Å². The molecule has 156 valence electrons. The summed E-state index contributed by atoms with van der Waals surface area (Å²) in [7, 11) is 0. The maximum atomic E-state index is 12.4. The van der Waals surface area contributed by atoms with Gasteiger partial charge in [-0.2, -0.15) is 0 Å². The second-order valence-corrected chi connectivity index (χ2v) is 8.46. The quantitative estimate of drug-likeness (QED) is 0.308. The van der Waals surface area contributed by atoms with Crippen LogP contribution < -0.4 is 5.32 Å². The molecular formula is C22H29N3O3S. The summed E-state index contributed by atoms with van der Waals surface area (Å²) in [5.74, 6) is 1.32. The summed E-state index contributed by atoms with van der Waals surface area (Å²) in [4.78, 5) is 24.3. The SMILES string of the molecule is CCCCCC(=O)Nc1ccc(C(=O)CSc2nnc(C3CCCCC3)o2)cc1. The number of rotatable bonds is 10. The maximum absolute atomic E-state index is 12.4. The van der Waals surface area contributed by atoms with Crippen LogP contribution in [0.1, 0.15) is 86.9 Å². The Morgan fingerprint density at radius 1 is 1.10 bits per heavy atom. The third kappa shape index (κ3) is 6.70. The van der Waals surface area contributed by atoms with Gasteiger partial charge in [-0.05, 0) is 43.5 Å². The lowest BCUT2D eigenvalue weighted by atomic mass is 9.89. The van der Waals surface area contributed by atoms with Gasteiger partial charge in [0.15, 0.2) is 5.78 Å². The number of Topliss-reactive ketones (excluding diaryl/α,β-unsaturated/α-hetero) is 1. The maximum Gasteiger partial charge on any atom is 0.277 e. The number of hydrogen-bond donors (Lipinski definition) is 1. The topological polar surface area (TPSA) is 85.1 Å². The minimum Gasteiger partial charge on any atom is -0.416 e. The molecule has 1 aliphatic rings. The van der Waals surface area contributed by atoms with E-state index in [2.05, 4.69) is 22.4 Å². The lowest BCUT2D eigenvalue weighted by Crippen LogP contribution is -2.11.